The molecule has 0 bridgehead atoms. The molecule has 0 aliphatic heterocycles. The van der Waals surface area contributed by atoms with Gasteiger partial charge in [-0.1, -0.05) is 32.9 Å². The quantitative estimate of drug-likeness (QED) is 0.902. The van der Waals surface area contributed by atoms with E-state index in [1.54, 1.807) is 7.11 Å². The van der Waals surface area contributed by atoms with Crippen molar-refractivity contribution in [3.05, 3.63) is 30.0 Å². The minimum Gasteiger partial charge on any atom is -0.494 e. The second kappa shape index (κ2) is 5.60. The minimum absolute atomic E-state index is 0.0320. The van der Waals surface area contributed by atoms with Gasteiger partial charge in [0.1, 0.15) is 16.8 Å². The molecule has 0 amide bonds. The van der Waals surface area contributed by atoms with E-state index in [0.29, 0.717) is 23.5 Å². The molecular formula is C16H20N2O3. The van der Waals surface area contributed by atoms with Gasteiger partial charge in [0.05, 0.1) is 12.8 Å². The maximum absolute atomic E-state index is 11.4. The highest BCUT2D eigenvalue weighted by Crippen LogP contribution is 2.32. The molecule has 5 heteroatoms. The molecule has 0 spiro atoms. The van der Waals surface area contributed by atoms with E-state index in [1.165, 1.54) is 6.20 Å². The number of carbonyl (C=O) groups is 1. The van der Waals surface area contributed by atoms with Crippen LogP contribution in [0.4, 0.5) is 5.69 Å². The Kier molecular flexibility index (Phi) is 4.02. The van der Waals surface area contributed by atoms with Crippen molar-refractivity contribution in [3.63, 3.8) is 0 Å². The number of benzene rings is 1. The average molecular weight is 288 g/mol. The number of hydrogen-bond donors (Lipinski definition) is 2. The van der Waals surface area contributed by atoms with Crippen molar-refractivity contribution in [1.29, 1.82) is 0 Å². The third-order valence-electron chi connectivity index (χ3n) is 3.11. The Bertz CT molecular complexity index is 675. The van der Waals surface area contributed by atoms with Crippen LogP contribution in [-0.4, -0.2) is 29.7 Å². The molecule has 0 aliphatic rings. The molecular weight excluding hydrogens is 268 g/mol. The number of carboxylic acid groups (broad SMARTS) is 1. The molecule has 1 heterocycles. The smallest absolute Gasteiger partial charge is 0.339 e. The molecule has 0 aliphatic carbocycles. The topological polar surface area (TPSA) is 71.5 Å². The highest BCUT2D eigenvalue weighted by molar-refractivity contribution is 6.05. The zero-order valence-electron chi connectivity index (χ0n) is 12.7. The second-order valence-corrected chi connectivity index (χ2v) is 6.12. The van der Waals surface area contributed by atoms with Crippen LogP contribution in [0.2, 0.25) is 0 Å². The van der Waals surface area contributed by atoms with Crippen molar-refractivity contribution in [2.24, 2.45) is 5.41 Å². The van der Waals surface area contributed by atoms with Crippen LogP contribution in [0.15, 0.2) is 24.4 Å². The number of nitrogens with one attached hydrogen (secondary N) is 1. The van der Waals surface area contributed by atoms with Crippen molar-refractivity contribution >= 4 is 22.6 Å². The lowest BCUT2D eigenvalue weighted by atomic mass is 9.96. The average Bonchev–Trinajstić information content (AvgIpc) is 2.42. The SMILES string of the molecule is COc1cccc2c(NCC(C)(C)C)c(C(=O)O)cnc12. The fourth-order valence-corrected chi connectivity index (χ4v) is 2.07. The number of anilines is 1. The van der Waals surface area contributed by atoms with E-state index >= 15 is 0 Å². The van der Waals surface area contributed by atoms with Gasteiger partial charge in [0.2, 0.25) is 0 Å². The van der Waals surface area contributed by atoms with Crippen molar-refractivity contribution < 1.29 is 14.6 Å². The number of fused-ring (bicyclic) bond motifs is 1. The third-order valence-corrected chi connectivity index (χ3v) is 3.11. The maximum atomic E-state index is 11.4. The Morgan fingerprint density at radius 3 is 2.67 bits per heavy atom. The molecule has 0 fully saturated rings. The fourth-order valence-electron chi connectivity index (χ4n) is 2.07. The van der Waals surface area contributed by atoms with Gasteiger partial charge >= 0.3 is 5.97 Å². The summed E-state index contributed by atoms with van der Waals surface area (Å²) in [6.45, 7) is 6.92. The number of methoxy groups -OCH3 is 1. The first-order valence-corrected chi connectivity index (χ1v) is 6.76. The van der Waals surface area contributed by atoms with Crippen LogP contribution in [0.3, 0.4) is 0 Å². The zero-order valence-corrected chi connectivity index (χ0v) is 12.7. The number of ether oxygens (including phenoxy) is 1. The number of aromatic carboxylic acids is 1. The lowest BCUT2D eigenvalue weighted by molar-refractivity contribution is 0.0697. The van der Waals surface area contributed by atoms with Gasteiger partial charge in [-0.05, 0) is 11.5 Å². The molecule has 0 saturated heterocycles. The number of hydrogen-bond acceptors (Lipinski definition) is 4. The molecule has 112 valence electrons. The summed E-state index contributed by atoms with van der Waals surface area (Å²) in [5, 5.41) is 13.4. The van der Waals surface area contributed by atoms with Crippen molar-refractivity contribution in [2.75, 3.05) is 19.0 Å². The van der Waals surface area contributed by atoms with Crippen molar-refractivity contribution in [1.82, 2.24) is 4.98 Å². The number of rotatable bonds is 4. The first kappa shape index (κ1) is 15.1. The summed E-state index contributed by atoms with van der Waals surface area (Å²) in [4.78, 5) is 15.7. The maximum Gasteiger partial charge on any atom is 0.339 e. The van der Waals surface area contributed by atoms with Crippen LogP contribution < -0.4 is 10.1 Å². The summed E-state index contributed by atoms with van der Waals surface area (Å²) in [6, 6.07) is 5.49. The molecule has 1 aromatic heterocycles. The Hall–Kier alpha value is -2.30. The van der Waals surface area contributed by atoms with E-state index in [-0.39, 0.29) is 11.0 Å². The van der Waals surface area contributed by atoms with E-state index in [4.69, 9.17) is 4.74 Å². The molecule has 2 N–H and O–H groups in total. The van der Waals surface area contributed by atoms with Gasteiger partial charge in [-0.25, -0.2) is 4.79 Å². The van der Waals surface area contributed by atoms with Gasteiger partial charge in [0.15, 0.2) is 0 Å². The number of nitrogens with zero attached hydrogens (tertiary/aromatic N) is 1. The summed E-state index contributed by atoms with van der Waals surface area (Å²) in [5.74, 6) is -0.369. The molecule has 5 nitrogen and oxygen atoms in total. The Labute approximate surface area is 124 Å². The van der Waals surface area contributed by atoms with Crippen LogP contribution >= 0.6 is 0 Å². The van der Waals surface area contributed by atoms with Crippen LogP contribution in [0.25, 0.3) is 10.9 Å². The summed E-state index contributed by atoms with van der Waals surface area (Å²) in [7, 11) is 1.57. The van der Waals surface area contributed by atoms with Crippen LogP contribution in [0.5, 0.6) is 5.75 Å². The molecule has 0 unspecified atom stereocenters. The van der Waals surface area contributed by atoms with Gasteiger partial charge in [-0.2, -0.15) is 0 Å². The molecule has 21 heavy (non-hydrogen) atoms. The minimum atomic E-state index is -0.997. The summed E-state index contributed by atoms with van der Waals surface area (Å²) in [6.07, 6.45) is 1.37. The Balaban J connectivity index is 2.61. The Morgan fingerprint density at radius 1 is 1.38 bits per heavy atom. The van der Waals surface area contributed by atoms with Crippen molar-refractivity contribution in [2.45, 2.75) is 20.8 Å². The number of para-hydroxylation sites is 1. The normalized spacial score (nSPS) is 11.4. The lowest BCUT2D eigenvalue weighted by Crippen LogP contribution is -2.20. The molecule has 2 aromatic rings. The van der Waals surface area contributed by atoms with E-state index in [0.717, 1.165) is 5.39 Å². The number of carboxylic acids is 1. The van der Waals surface area contributed by atoms with E-state index in [2.05, 4.69) is 31.1 Å². The molecule has 1 aromatic carbocycles. The first-order valence-electron chi connectivity index (χ1n) is 6.76. The van der Waals surface area contributed by atoms with Gasteiger partial charge in [-0.15, -0.1) is 0 Å². The highest BCUT2D eigenvalue weighted by atomic mass is 16.5. The van der Waals surface area contributed by atoms with Gasteiger partial charge in [0, 0.05) is 18.1 Å². The Morgan fingerprint density at radius 2 is 2.10 bits per heavy atom. The van der Waals surface area contributed by atoms with Gasteiger partial charge < -0.3 is 15.2 Å². The first-order chi connectivity index (χ1) is 9.83. The highest BCUT2D eigenvalue weighted by Gasteiger charge is 2.18. The standard InChI is InChI=1S/C16H20N2O3/c1-16(2,3)9-18-13-10-6-5-7-12(21-4)14(10)17-8-11(13)15(19)20/h5-8H,9H2,1-4H3,(H,17,18)(H,19,20). The molecule has 0 radical (unpaired) electrons. The second-order valence-electron chi connectivity index (χ2n) is 6.12. The molecule has 0 saturated carbocycles. The monoisotopic (exact) mass is 288 g/mol. The van der Waals surface area contributed by atoms with Gasteiger partial charge in [-0.3, -0.25) is 4.98 Å². The predicted octanol–water partition coefficient (Wildman–Crippen LogP) is 3.40. The third kappa shape index (κ3) is 3.24. The van der Waals surface area contributed by atoms with Crippen LogP contribution in [0.1, 0.15) is 31.1 Å². The predicted molar refractivity (Wildman–Crippen MR) is 83.2 cm³/mol. The van der Waals surface area contributed by atoms with E-state index in [9.17, 15) is 9.90 Å². The summed E-state index contributed by atoms with van der Waals surface area (Å²) < 4.78 is 5.29. The number of aromatic nitrogens is 1. The van der Waals surface area contributed by atoms with Crippen LogP contribution in [0, 0.1) is 5.41 Å². The van der Waals surface area contributed by atoms with Gasteiger partial charge in [0.25, 0.3) is 0 Å². The van der Waals surface area contributed by atoms with Crippen LogP contribution in [-0.2, 0) is 0 Å². The zero-order chi connectivity index (χ0) is 15.6. The van der Waals surface area contributed by atoms with Crippen molar-refractivity contribution in [3.8, 4) is 5.75 Å². The lowest BCUT2D eigenvalue weighted by Gasteiger charge is -2.21. The fraction of sp³-hybridized carbons (Fsp3) is 0.375. The van der Waals surface area contributed by atoms with E-state index in [1.807, 2.05) is 18.2 Å². The molecule has 0 atom stereocenters. The number of pyridine rings is 1. The summed E-state index contributed by atoms with van der Waals surface area (Å²) >= 11 is 0. The molecule has 2 rings (SSSR count). The largest absolute Gasteiger partial charge is 0.494 e. The van der Waals surface area contributed by atoms with E-state index < -0.39 is 5.97 Å². The summed E-state index contributed by atoms with van der Waals surface area (Å²) in [5.41, 5.74) is 1.44.